The number of hydrogen-bond acceptors (Lipinski definition) is 8. The minimum absolute atomic E-state index is 0.0337. The van der Waals surface area contributed by atoms with Crippen molar-refractivity contribution in [3.63, 3.8) is 0 Å². The molecule has 2 aromatic heterocycles. The fourth-order valence-electron chi connectivity index (χ4n) is 2.97. The monoisotopic (exact) mass is 423 g/mol. The van der Waals surface area contributed by atoms with Crippen molar-refractivity contribution in [1.29, 1.82) is 10.5 Å². The average Bonchev–Trinajstić information content (AvgIpc) is 2.75. The number of nitrogens with one attached hydrogen (secondary N) is 1. The van der Waals surface area contributed by atoms with Crippen molar-refractivity contribution in [2.75, 3.05) is 18.2 Å². The summed E-state index contributed by atoms with van der Waals surface area (Å²) >= 11 is 6.16. The number of anilines is 2. The van der Waals surface area contributed by atoms with Crippen LogP contribution in [0, 0.1) is 28.5 Å². The summed E-state index contributed by atoms with van der Waals surface area (Å²) in [6.07, 6.45) is 4.01. The zero-order valence-corrected chi connectivity index (χ0v) is 16.7. The first-order valence-electron chi connectivity index (χ1n) is 8.59. The van der Waals surface area contributed by atoms with Crippen LogP contribution in [0.15, 0.2) is 30.9 Å². The quantitative estimate of drug-likeness (QED) is 0.632. The van der Waals surface area contributed by atoms with Crippen molar-refractivity contribution in [2.24, 2.45) is 0 Å². The van der Waals surface area contributed by atoms with Crippen LogP contribution in [0.25, 0.3) is 11.1 Å². The first-order valence-corrected chi connectivity index (χ1v) is 8.97. The lowest BCUT2D eigenvalue weighted by atomic mass is 9.97. The van der Waals surface area contributed by atoms with Crippen LogP contribution in [0.4, 0.5) is 16.0 Å². The van der Waals surface area contributed by atoms with Gasteiger partial charge in [0.25, 0.3) is 0 Å². The van der Waals surface area contributed by atoms with Crippen molar-refractivity contribution in [3.8, 4) is 29.0 Å². The van der Waals surface area contributed by atoms with E-state index in [1.54, 1.807) is 6.92 Å². The maximum Gasteiger partial charge on any atom is 0.153 e. The summed E-state index contributed by atoms with van der Waals surface area (Å²) in [7, 11) is 1.40. The molecule has 0 bridgehead atoms. The van der Waals surface area contributed by atoms with Crippen molar-refractivity contribution in [2.45, 2.75) is 13.0 Å². The number of aromatic nitrogens is 3. The van der Waals surface area contributed by atoms with Crippen LogP contribution in [0.3, 0.4) is 0 Å². The number of nitriles is 2. The molecule has 0 amide bonds. The Morgan fingerprint density at radius 2 is 2.00 bits per heavy atom. The van der Waals surface area contributed by atoms with E-state index in [0.717, 1.165) is 0 Å². The SMILES string of the molecule is COc1c(C(C)Nc2ncnc(N)c2C#N)cc(Cl)c(F)c1-c1cncc(C#N)c1. The van der Waals surface area contributed by atoms with Crippen LogP contribution in [0.2, 0.25) is 5.02 Å². The van der Waals surface area contributed by atoms with E-state index in [9.17, 15) is 9.65 Å². The molecule has 10 heteroatoms. The van der Waals surface area contributed by atoms with E-state index in [1.165, 1.54) is 38.0 Å². The Morgan fingerprint density at radius 3 is 2.67 bits per heavy atom. The Bertz CT molecular complexity index is 1200. The van der Waals surface area contributed by atoms with Gasteiger partial charge in [-0.15, -0.1) is 0 Å². The Hall–Kier alpha value is -3.95. The van der Waals surface area contributed by atoms with Crippen LogP contribution in [-0.2, 0) is 0 Å². The summed E-state index contributed by atoms with van der Waals surface area (Å²) < 4.78 is 20.5. The highest BCUT2D eigenvalue weighted by molar-refractivity contribution is 6.31. The van der Waals surface area contributed by atoms with Crippen LogP contribution in [0.5, 0.6) is 5.75 Å². The van der Waals surface area contributed by atoms with Crippen molar-refractivity contribution in [1.82, 2.24) is 15.0 Å². The number of nitrogens with zero attached hydrogens (tertiary/aromatic N) is 5. The number of halogens is 2. The van der Waals surface area contributed by atoms with Gasteiger partial charge in [0.1, 0.15) is 41.4 Å². The van der Waals surface area contributed by atoms with Gasteiger partial charge < -0.3 is 15.8 Å². The lowest BCUT2D eigenvalue weighted by Gasteiger charge is -2.22. The van der Waals surface area contributed by atoms with Gasteiger partial charge in [-0.3, -0.25) is 4.98 Å². The third-order valence-electron chi connectivity index (χ3n) is 4.37. The molecule has 30 heavy (non-hydrogen) atoms. The van der Waals surface area contributed by atoms with Gasteiger partial charge >= 0.3 is 0 Å². The van der Waals surface area contributed by atoms with Gasteiger partial charge in [0.15, 0.2) is 5.82 Å². The smallest absolute Gasteiger partial charge is 0.153 e. The number of methoxy groups -OCH3 is 1. The predicted octanol–water partition coefficient (Wildman–Crippen LogP) is 3.84. The number of hydrogen-bond donors (Lipinski definition) is 2. The van der Waals surface area contributed by atoms with E-state index in [-0.39, 0.29) is 39.1 Å². The molecule has 0 fully saturated rings. The molecule has 0 aliphatic heterocycles. The van der Waals surface area contributed by atoms with Crippen LogP contribution in [0.1, 0.15) is 29.7 Å². The lowest BCUT2D eigenvalue weighted by molar-refractivity contribution is 0.406. The van der Waals surface area contributed by atoms with E-state index in [1.807, 2.05) is 12.1 Å². The minimum Gasteiger partial charge on any atom is -0.496 e. The number of ether oxygens (including phenoxy) is 1. The molecule has 3 rings (SSSR count). The molecule has 3 N–H and O–H groups in total. The summed E-state index contributed by atoms with van der Waals surface area (Å²) in [4.78, 5) is 11.8. The molecule has 0 aliphatic rings. The zero-order valence-electron chi connectivity index (χ0n) is 15.9. The average molecular weight is 424 g/mol. The highest BCUT2D eigenvalue weighted by atomic mass is 35.5. The maximum atomic E-state index is 15.0. The van der Waals surface area contributed by atoms with Gasteiger partial charge in [0.05, 0.1) is 29.3 Å². The normalized spacial score (nSPS) is 11.3. The Morgan fingerprint density at radius 1 is 1.23 bits per heavy atom. The fourth-order valence-corrected chi connectivity index (χ4v) is 3.18. The maximum absolute atomic E-state index is 15.0. The van der Waals surface area contributed by atoms with E-state index in [4.69, 9.17) is 27.3 Å². The molecular weight excluding hydrogens is 409 g/mol. The fraction of sp³-hybridized carbons (Fsp3) is 0.150. The Balaban J connectivity index is 2.14. The number of benzene rings is 1. The van der Waals surface area contributed by atoms with Crippen molar-refractivity contribution in [3.05, 3.63) is 58.4 Å². The molecule has 0 saturated carbocycles. The summed E-state index contributed by atoms with van der Waals surface area (Å²) in [5.74, 6) is -0.249. The first kappa shape index (κ1) is 20.8. The van der Waals surface area contributed by atoms with Crippen LogP contribution >= 0.6 is 11.6 Å². The van der Waals surface area contributed by atoms with E-state index in [2.05, 4.69) is 20.3 Å². The number of pyridine rings is 1. The number of nitrogen functional groups attached to an aromatic ring is 1. The molecule has 1 unspecified atom stereocenters. The van der Waals surface area contributed by atoms with Crippen molar-refractivity contribution < 1.29 is 9.13 Å². The molecule has 1 atom stereocenters. The topological polar surface area (TPSA) is 134 Å². The van der Waals surface area contributed by atoms with E-state index < -0.39 is 11.9 Å². The second kappa shape index (κ2) is 8.60. The number of nitrogens with two attached hydrogens (primary N) is 1. The molecule has 0 radical (unpaired) electrons. The van der Waals surface area contributed by atoms with Gasteiger partial charge in [-0.1, -0.05) is 11.6 Å². The molecule has 3 aromatic rings. The largest absolute Gasteiger partial charge is 0.496 e. The molecule has 8 nitrogen and oxygen atoms in total. The van der Waals surface area contributed by atoms with Crippen LogP contribution in [-0.4, -0.2) is 22.1 Å². The Kier molecular flexibility index (Phi) is 5.95. The standard InChI is InChI=1S/C20H15ClFN7O/c1-10(29-20-14(6-24)19(25)27-9-28-20)13-4-15(21)17(22)16(18(13)30-2)12-3-11(5-23)7-26-8-12/h3-4,7-10H,1-2H3,(H3,25,27,28,29). The molecule has 0 aliphatic carbocycles. The van der Waals surface area contributed by atoms with E-state index >= 15 is 0 Å². The first-order chi connectivity index (χ1) is 14.4. The summed E-state index contributed by atoms with van der Waals surface area (Å²) in [5.41, 5.74) is 6.99. The highest BCUT2D eigenvalue weighted by Crippen LogP contribution is 2.42. The molecule has 0 saturated heterocycles. The van der Waals surface area contributed by atoms with Crippen molar-refractivity contribution >= 4 is 23.2 Å². The third kappa shape index (κ3) is 3.79. The summed E-state index contributed by atoms with van der Waals surface area (Å²) in [6, 6.07) is 6.33. The minimum atomic E-state index is -0.703. The lowest BCUT2D eigenvalue weighted by Crippen LogP contribution is -2.13. The zero-order chi connectivity index (χ0) is 21.8. The van der Waals surface area contributed by atoms with Gasteiger partial charge in [-0.25, -0.2) is 14.4 Å². The number of rotatable bonds is 5. The van der Waals surface area contributed by atoms with Gasteiger partial charge in [-0.05, 0) is 19.1 Å². The molecule has 2 heterocycles. The molecular formula is C20H15ClFN7O. The molecule has 150 valence electrons. The van der Waals surface area contributed by atoms with E-state index in [0.29, 0.717) is 11.1 Å². The summed E-state index contributed by atoms with van der Waals surface area (Å²) in [5, 5.41) is 21.4. The highest BCUT2D eigenvalue weighted by Gasteiger charge is 2.24. The van der Waals surface area contributed by atoms with Gasteiger partial charge in [0, 0.05) is 23.5 Å². The summed E-state index contributed by atoms with van der Waals surface area (Å²) in [6.45, 7) is 1.76. The third-order valence-corrected chi connectivity index (χ3v) is 4.64. The molecule has 0 spiro atoms. The second-order valence-electron chi connectivity index (χ2n) is 6.20. The van der Waals surface area contributed by atoms with Gasteiger partial charge in [0.2, 0.25) is 0 Å². The van der Waals surface area contributed by atoms with Crippen LogP contribution < -0.4 is 15.8 Å². The van der Waals surface area contributed by atoms with Gasteiger partial charge in [-0.2, -0.15) is 10.5 Å². The second-order valence-corrected chi connectivity index (χ2v) is 6.61. The Labute approximate surface area is 176 Å². The molecule has 1 aromatic carbocycles. The predicted molar refractivity (Wildman–Crippen MR) is 109 cm³/mol.